The van der Waals surface area contributed by atoms with E-state index < -0.39 is 5.91 Å². The Hall–Kier alpha value is -1.73. The van der Waals surface area contributed by atoms with Gasteiger partial charge in [-0.05, 0) is 6.07 Å². The number of nitrogens with two attached hydrogens (primary N) is 2. The molecule has 0 unspecified atom stereocenters. The summed E-state index contributed by atoms with van der Waals surface area (Å²) >= 11 is 5.67. The predicted molar refractivity (Wildman–Crippen MR) is 49.7 cm³/mol. The van der Waals surface area contributed by atoms with Crippen LogP contribution in [-0.2, 0) is 4.79 Å². The van der Waals surface area contributed by atoms with Gasteiger partial charge in [-0.25, -0.2) is 4.98 Å². The van der Waals surface area contributed by atoms with Gasteiger partial charge in [-0.2, -0.15) is 0 Å². The highest BCUT2D eigenvalue weighted by Gasteiger charge is 2.01. The fourth-order valence-electron chi connectivity index (χ4n) is 0.698. The van der Waals surface area contributed by atoms with Gasteiger partial charge in [0.2, 0.25) is 0 Å². The van der Waals surface area contributed by atoms with Crippen molar-refractivity contribution in [3.8, 4) is 11.8 Å². The van der Waals surface area contributed by atoms with Gasteiger partial charge in [-0.1, -0.05) is 17.5 Å². The van der Waals surface area contributed by atoms with E-state index in [1.807, 2.05) is 0 Å². The van der Waals surface area contributed by atoms with Crippen LogP contribution >= 0.6 is 11.6 Å². The first-order valence-electron chi connectivity index (χ1n) is 3.32. The Morgan fingerprint density at radius 1 is 1.62 bits per heavy atom. The molecule has 1 aromatic rings. The third kappa shape index (κ3) is 2.36. The Morgan fingerprint density at radius 3 is 2.85 bits per heavy atom. The van der Waals surface area contributed by atoms with Crippen LogP contribution < -0.4 is 11.5 Å². The van der Waals surface area contributed by atoms with Crippen LogP contribution in [0.5, 0.6) is 0 Å². The van der Waals surface area contributed by atoms with E-state index in [-0.39, 0.29) is 5.15 Å². The number of hydrogen-bond acceptors (Lipinski definition) is 3. The average Bonchev–Trinajstić information content (AvgIpc) is 2.03. The maximum Gasteiger partial charge on any atom is 0.293 e. The van der Waals surface area contributed by atoms with Crippen LogP contribution in [0.3, 0.4) is 0 Å². The van der Waals surface area contributed by atoms with E-state index >= 15 is 0 Å². The zero-order valence-electron chi connectivity index (χ0n) is 6.54. The first-order valence-corrected chi connectivity index (χ1v) is 3.70. The molecule has 0 fully saturated rings. The third-order valence-electron chi connectivity index (χ3n) is 1.25. The van der Waals surface area contributed by atoms with Crippen molar-refractivity contribution in [3.63, 3.8) is 0 Å². The minimum absolute atomic E-state index is 0.161. The SMILES string of the molecule is NC(=O)C#Cc1c(N)ccnc1Cl. The number of hydrogen-bond donors (Lipinski definition) is 2. The lowest BCUT2D eigenvalue weighted by atomic mass is 10.2. The zero-order chi connectivity index (χ0) is 9.84. The summed E-state index contributed by atoms with van der Waals surface area (Å²) in [7, 11) is 0. The highest BCUT2D eigenvalue weighted by molar-refractivity contribution is 6.31. The Bertz CT molecular complexity index is 385. The van der Waals surface area contributed by atoms with Crippen molar-refractivity contribution in [2.24, 2.45) is 5.73 Å². The number of rotatable bonds is 0. The minimum Gasteiger partial charge on any atom is -0.398 e. The number of nitrogens with zero attached hydrogens (tertiary/aromatic N) is 1. The second kappa shape index (κ2) is 3.78. The molecule has 1 aromatic heterocycles. The van der Waals surface area contributed by atoms with Crippen molar-refractivity contribution in [1.29, 1.82) is 0 Å². The molecule has 0 atom stereocenters. The number of aromatic nitrogens is 1. The molecule has 0 spiro atoms. The third-order valence-corrected chi connectivity index (χ3v) is 1.53. The molecular formula is C8H6ClN3O. The molecule has 1 rings (SSSR count). The van der Waals surface area contributed by atoms with Crippen LogP contribution in [0, 0.1) is 11.8 Å². The lowest BCUT2D eigenvalue weighted by molar-refractivity contribution is -0.112. The average molecular weight is 196 g/mol. The monoisotopic (exact) mass is 195 g/mol. The molecule has 0 aromatic carbocycles. The molecule has 0 radical (unpaired) electrons. The van der Waals surface area contributed by atoms with Gasteiger partial charge < -0.3 is 11.5 Å². The summed E-state index contributed by atoms with van der Waals surface area (Å²) in [5.41, 5.74) is 11.0. The number of amides is 1. The maximum atomic E-state index is 10.3. The molecule has 0 aliphatic carbocycles. The molecule has 0 saturated heterocycles. The van der Waals surface area contributed by atoms with Crippen LogP contribution in [0.15, 0.2) is 12.3 Å². The molecule has 5 heteroatoms. The van der Waals surface area contributed by atoms with Gasteiger partial charge in [-0.3, -0.25) is 4.79 Å². The lowest BCUT2D eigenvalue weighted by Crippen LogP contribution is -2.06. The summed E-state index contributed by atoms with van der Waals surface area (Å²) in [5, 5.41) is 0.161. The van der Waals surface area contributed by atoms with Crippen molar-refractivity contribution in [1.82, 2.24) is 4.98 Å². The summed E-state index contributed by atoms with van der Waals surface area (Å²) in [6.07, 6.45) is 1.45. The molecule has 4 nitrogen and oxygen atoms in total. The van der Waals surface area contributed by atoms with E-state index in [0.29, 0.717) is 11.3 Å². The summed E-state index contributed by atoms with van der Waals surface area (Å²) in [4.78, 5) is 14.1. The second-order valence-electron chi connectivity index (χ2n) is 2.18. The van der Waals surface area contributed by atoms with Gasteiger partial charge in [0.15, 0.2) is 0 Å². The highest BCUT2D eigenvalue weighted by atomic mass is 35.5. The van der Waals surface area contributed by atoms with E-state index in [0.717, 1.165) is 0 Å². The number of carbonyl (C=O) groups is 1. The van der Waals surface area contributed by atoms with E-state index in [1.165, 1.54) is 12.3 Å². The van der Waals surface area contributed by atoms with Crippen molar-refractivity contribution >= 4 is 23.2 Å². The summed E-state index contributed by atoms with van der Waals surface area (Å²) in [6, 6.07) is 1.54. The van der Waals surface area contributed by atoms with Crippen LogP contribution in [0.2, 0.25) is 5.15 Å². The molecule has 0 bridgehead atoms. The van der Waals surface area contributed by atoms with Crippen LogP contribution in [0.1, 0.15) is 5.56 Å². The van der Waals surface area contributed by atoms with Crippen molar-refractivity contribution in [2.75, 3.05) is 5.73 Å². The standard InChI is InChI=1S/C8H6ClN3O/c9-8-5(1-2-7(11)13)6(10)3-4-12-8/h3-4H,(H2,10,12)(H2,11,13). The fourth-order valence-corrected chi connectivity index (χ4v) is 0.911. The number of nitrogen functional groups attached to an aromatic ring is 1. The van der Waals surface area contributed by atoms with Gasteiger partial charge in [0.05, 0.1) is 11.3 Å². The van der Waals surface area contributed by atoms with Crippen molar-refractivity contribution in [3.05, 3.63) is 23.0 Å². The first kappa shape index (κ1) is 9.36. The number of halogens is 1. The lowest BCUT2D eigenvalue weighted by Gasteiger charge is -1.97. The number of anilines is 1. The van der Waals surface area contributed by atoms with Gasteiger partial charge in [-0.15, -0.1) is 0 Å². The molecule has 0 aliphatic heterocycles. The summed E-state index contributed by atoms with van der Waals surface area (Å²) in [5.74, 6) is 3.83. The molecule has 66 valence electrons. The quantitative estimate of drug-likeness (QED) is 0.457. The van der Waals surface area contributed by atoms with Crippen LogP contribution in [0.25, 0.3) is 0 Å². The fraction of sp³-hybridized carbons (Fsp3) is 0. The number of primary amides is 1. The van der Waals surface area contributed by atoms with Gasteiger partial charge in [0.25, 0.3) is 5.91 Å². The highest BCUT2D eigenvalue weighted by Crippen LogP contribution is 2.17. The van der Waals surface area contributed by atoms with Crippen molar-refractivity contribution in [2.45, 2.75) is 0 Å². The largest absolute Gasteiger partial charge is 0.398 e. The number of carbonyl (C=O) groups excluding carboxylic acids is 1. The molecule has 0 saturated carbocycles. The van der Waals surface area contributed by atoms with Gasteiger partial charge in [0.1, 0.15) is 5.15 Å². The Morgan fingerprint density at radius 2 is 2.31 bits per heavy atom. The normalized spacial score (nSPS) is 8.69. The van der Waals surface area contributed by atoms with Crippen LogP contribution in [0.4, 0.5) is 5.69 Å². The molecule has 1 heterocycles. The predicted octanol–water partition coefficient (Wildman–Crippen LogP) is 0.154. The van der Waals surface area contributed by atoms with Crippen LogP contribution in [-0.4, -0.2) is 10.9 Å². The summed E-state index contributed by atoms with van der Waals surface area (Å²) in [6.45, 7) is 0. The summed E-state index contributed by atoms with van der Waals surface area (Å²) < 4.78 is 0. The minimum atomic E-state index is -0.737. The molecule has 1 amide bonds. The van der Waals surface area contributed by atoms with E-state index in [2.05, 4.69) is 16.8 Å². The maximum absolute atomic E-state index is 10.3. The van der Waals surface area contributed by atoms with Gasteiger partial charge >= 0.3 is 0 Å². The first-order chi connectivity index (χ1) is 6.11. The van der Waals surface area contributed by atoms with E-state index in [9.17, 15) is 4.79 Å². The topological polar surface area (TPSA) is 82.0 Å². The second-order valence-corrected chi connectivity index (χ2v) is 2.54. The zero-order valence-corrected chi connectivity index (χ0v) is 7.30. The van der Waals surface area contributed by atoms with Crippen molar-refractivity contribution < 1.29 is 4.79 Å². The van der Waals surface area contributed by atoms with Gasteiger partial charge in [0, 0.05) is 12.1 Å². The molecule has 0 aliphatic rings. The Labute approximate surface area is 79.9 Å². The smallest absolute Gasteiger partial charge is 0.293 e. The number of pyridine rings is 1. The van der Waals surface area contributed by atoms with E-state index in [1.54, 1.807) is 0 Å². The molecular weight excluding hydrogens is 190 g/mol. The molecule has 13 heavy (non-hydrogen) atoms. The molecule has 4 N–H and O–H groups in total. The Balaban J connectivity index is 3.16. The van der Waals surface area contributed by atoms with E-state index in [4.69, 9.17) is 23.1 Å². The Kier molecular flexibility index (Phi) is 2.72.